The molecule has 0 spiro atoms. The third-order valence-corrected chi connectivity index (χ3v) is 4.33. The Labute approximate surface area is 166 Å². The number of carbonyl (C=O) groups is 2. The van der Waals surface area contributed by atoms with Crippen molar-refractivity contribution in [3.05, 3.63) is 35.9 Å². The van der Waals surface area contributed by atoms with Gasteiger partial charge in [-0.1, -0.05) is 30.3 Å². The molecule has 0 unspecified atom stereocenters. The quantitative estimate of drug-likeness (QED) is 0.737. The van der Waals surface area contributed by atoms with Crippen LogP contribution < -0.4 is 0 Å². The minimum absolute atomic E-state index is 0.137. The van der Waals surface area contributed by atoms with Gasteiger partial charge in [-0.05, 0) is 34.9 Å². The van der Waals surface area contributed by atoms with E-state index in [0.717, 1.165) is 10.6 Å². The molecule has 0 saturated carbocycles. The number of aliphatic imine (C=N–C) groups is 1. The smallest absolute Gasteiger partial charge is 0.416 e. The zero-order valence-corrected chi connectivity index (χ0v) is 17.7. The average molecular weight is 390 g/mol. The molecule has 154 valence electrons. The van der Waals surface area contributed by atoms with Gasteiger partial charge >= 0.3 is 6.09 Å². The van der Waals surface area contributed by atoms with Gasteiger partial charge in [0.05, 0.1) is 13.0 Å². The van der Waals surface area contributed by atoms with E-state index in [9.17, 15) is 9.59 Å². The van der Waals surface area contributed by atoms with Gasteiger partial charge in [0.1, 0.15) is 17.6 Å². The minimum atomic E-state index is -0.667. The lowest BCUT2D eigenvalue weighted by atomic mass is 10.00. The number of hydroxylamine groups is 2. The second kappa shape index (κ2) is 8.70. The van der Waals surface area contributed by atoms with E-state index in [-0.39, 0.29) is 12.5 Å². The van der Waals surface area contributed by atoms with Gasteiger partial charge in [0.2, 0.25) is 0 Å². The largest absolute Gasteiger partial charge is 0.443 e. The summed E-state index contributed by atoms with van der Waals surface area (Å²) in [6.07, 6.45) is -0.982. The molecule has 28 heavy (non-hydrogen) atoms. The second-order valence-corrected chi connectivity index (χ2v) is 7.91. The maximum Gasteiger partial charge on any atom is 0.416 e. The number of rotatable bonds is 4. The van der Waals surface area contributed by atoms with Crippen LogP contribution in [0.4, 0.5) is 4.79 Å². The maximum atomic E-state index is 12.9. The highest BCUT2D eigenvalue weighted by Gasteiger charge is 2.42. The molecule has 8 nitrogen and oxygen atoms in total. The Bertz CT molecular complexity index is 727. The van der Waals surface area contributed by atoms with E-state index in [2.05, 4.69) is 0 Å². The van der Waals surface area contributed by atoms with Gasteiger partial charge < -0.3 is 4.74 Å². The van der Waals surface area contributed by atoms with Crippen LogP contribution in [0.1, 0.15) is 26.3 Å². The van der Waals surface area contributed by atoms with E-state index >= 15 is 0 Å². The summed E-state index contributed by atoms with van der Waals surface area (Å²) in [5.74, 6) is -0.372. The number of hydrogen-bond acceptors (Lipinski definition) is 6. The van der Waals surface area contributed by atoms with Crippen molar-refractivity contribution in [2.75, 3.05) is 34.8 Å². The number of amidine groups is 1. The predicted molar refractivity (Wildman–Crippen MR) is 107 cm³/mol. The molecule has 0 fully saturated rings. The Kier molecular flexibility index (Phi) is 6.79. The first kappa shape index (κ1) is 21.8. The maximum absolute atomic E-state index is 12.9. The molecule has 0 N–H and O–H groups in total. The SMILES string of the molecule is CON(C)C(=O)[C@H]1CN(C(=O)OC(C)(C)C)C(c2ccccc2)=N[C@@H]1N(C)C. The van der Waals surface area contributed by atoms with Crippen LogP contribution in [0.3, 0.4) is 0 Å². The zero-order valence-electron chi connectivity index (χ0n) is 17.7. The number of nitrogens with zero attached hydrogens (tertiary/aromatic N) is 4. The molecule has 8 heteroatoms. The summed E-state index contributed by atoms with van der Waals surface area (Å²) >= 11 is 0. The fraction of sp³-hybridized carbons (Fsp3) is 0.550. The average Bonchev–Trinajstić information content (AvgIpc) is 2.64. The van der Waals surface area contributed by atoms with Gasteiger partial charge in [-0.3, -0.25) is 19.4 Å². The van der Waals surface area contributed by atoms with Crippen molar-refractivity contribution in [1.82, 2.24) is 14.9 Å². The molecule has 1 heterocycles. The molecule has 0 radical (unpaired) electrons. The van der Waals surface area contributed by atoms with Gasteiger partial charge in [-0.2, -0.15) is 0 Å². The van der Waals surface area contributed by atoms with Crippen molar-refractivity contribution in [2.45, 2.75) is 32.5 Å². The predicted octanol–water partition coefficient (Wildman–Crippen LogP) is 2.21. The summed E-state index contributed by atoms with van der Waals surface area (Å²) in [6.45, 7) is 5.55. The van der Waals surface area contributed by atoms with Crippen LogP contribution in [0.15, 0.2) is 35.3 Å². The van der Waals surface area contributed by atoms with Crippen LogP contribution in [0.25, 0.3) is 0 Å². The Hall–Kier alpha value is -2.45. The van der Waals surface area contributed by atoms with E-state index < -0.39 is 23.8 Å². The van der Waals surface area contributed by atoms with E-state index in [0.29, 0.717) is 5.84 Å². The highest BCUT2D eigenvalue weighted by atomic mass is 16.7. The highest BCUT2D eigenvalue weighted by Crippen LogP contribution is 2.25. The van der Waals surface area contributed by atoms with Crippen LogP contribution in [-0.4, -0.2) is 79.3 Å². The number of ether oxygens (including phenoxy) is 1. The summed E-state index contributed by atoms with van der Waals surface area (Å²) in [7, 11) is 6.68. The van der Waals surface area contributed by atoms with E-state index in [1.807, 2.05) is 49.3 Å². The summed E-state index contributed by atoms with van der Waals surface area (Å²) < 4.78 is 5.58. The molecular formula is C20H30N4O4. The van der Waals surface area contributed by atoms with Crippen LogP contribution in [0, 0.1) is 5.92 Å². The normalized spacial score (nSPS) is 20.0. The number of carbonyl (C=O) groups excluding carboxylic acids is 2. The van der Waals surface area contributed by atoms with Gasteiger partial charge in [0.25, 0.3) is 5.91 Å². The first-order valence-corrected chi connectivity index (χ1v) is 9.17. The van der Waals surface area contributed by atoms with Crippen molar-refractivity contribution in [3.8, 4) is 0 Å². The van der Waals surface area contributed by atoms with Crippen molar-refractivity contribution in [3.63, 3.8) is 0 Å². The van der Waals surface area contributed by atoms with Gasteiger partial charge in [0.15, 0.2) is 0 Å². The summed E-state index contributed by atoms with van der Waals surface area (Å²) in [5, 5.41) is 1.16. The number of benzene rings is 1. The summed E-state index contributed by atoms with van der Waals surface area (Å²) in [5.41, 5.74) is 0.117. The third kappa shape index (κ3) is 5.08. The van der Waals surface area contributed by atoms with Gasteiger partial charge in [0, 0.05) is 19.2 Å². The Morgan fingerprint density at radius 1 is 1.14 bits per heavy atom. The first-order chi connectivity index (χ1) is 13.0. The molecule has 0 bridgehead atoms. The van der Waals surface area contributed by atoms with Gasteiger partial charge in [-0.15, -0.1) is 0 Å². The topological polar surface area (TPSA) is 74.7 Å². The molecule has 2 rings (SSSR count). The van der Waals surface area contributed by atoms with Crippen LogP contribution >= 0.6 is 0 Å². The first-order valence-electron chi connectivity index (χ1n) is 9.17. The van der Waals surface area contributed by atoms with Crippen molar-refractivity contribution in [1.29, 1.82) is 0 Å². The fourth-order valence-electron chi connectivity index (χ4n) is 2.96. The summed E-state index contributed by atoms with van der Waals surface area (Å²) in [6, 6.07) is 9.42. The monoisotopic (exact) mass is 390 g/mol. The lowest BCUT2D eigenvalue weighted by Gasteiger charge is -2.39. The molecule has 0 saturated heterocycles. The Balaban J connectivity index is 2.51. The number of hydrogen-bond donors (Lipinski definition) is 0. The molecule has 1 aliphatic heterocycles. The van der Waals surface area contributed by atoms with Gasteiger partial charge in [-0.25, -0.2) is 14.9 Å². The van der Waals surface area contributed by atoms with E-state index in [1.54, 1.807) is 27.8 Å². The molecular weight excluding hydrogens is 360 g/mol. The molecule has 0 aromatic heterocycles. The summed E-state index contributed by atoms with van der Waals surface area (Å²) in [4.78, 5) is 38.9. The van der Waals surface area contributed by atoms with Crippen molar-refractivity contribution < 1.29 is 19.2 Å². The zero-order chi connectivity index (χ0) is 21.1. The highest BCUT2D eigenvalue weighted by molar-refractivity contribution is 6.07. The van der Waals surface area contributed by atoms with Crippen molar-refractivity contribution >= 4 is 17.8 Å². The second-order valence-electron chi connectivity index (χ2n) is 7.91. The molecule has 1 aromatic carbocycles. The van der Waals surface area contributed by atoms with E-state index in [4.69, 9.17) is 14.6 Å². The minimum Gasteiger partial charge on any atom is -0.443 e. The third-order valence-electron chi connectivity index (χ3n) is 4.33. The lowest BCUT2D eigenvalue weighted by molar-refractivity contribution is -0.176. The van der Waals surface area contributed by atoms with Crippen LogP contribution in [0.5, 0.6) is 0 Å². The molecule has 0 aliphatic carbocycles. The molecule has 2 atom stereocenters. The molecule has 2 amide bonds. The molecule has 1 aromatic rings. The number of amides is 2. The Morgan fingerprint density at radius 3 is 2.25 bits per heavy atom. The lowest BCUT2D eigenvalue weighted by Crippen LogP contribution is -2.56. The van der Waals surface area contributed by atoms with E-state index in [1.165, 1.54) is 12.0 Å². The Morgan fingerprint density at radius 2 is 1.75 bits per heavy atom. The molecule has 1 aliphatic rings. The van der Waals surface area contributed by atoms with Crippen LogP contribution in [-0.2, 0) is 14.4 Å². The van der Waals surface area contributed by atoms with Crippen molar-refractivity contribution in [2.24, 2.45) is 10.9 Å². The fourth-order valence-corrected chi connectivity index (χ4v) is 2.96. The van der Waals surface area contributed by atoms with Crippen LogP contribution in [0.2, 0.25) is 0 Å². The standard InChI is InChI=1S/C20H30N4O4/c1-20(2,3)28-19(26)24-13-15(18(25)23(6)27-7)17(22(4)5)21-16(24)14-11-9-8-10-12-14/h8-12,15,17H,13H2,1-7H3/t15-,17+/m0/s1.